The fourth-order valence-electron chi connectivity index (χ4n) is 2.71. The third-order valence-corrected chi connectivity index (χ3v) is 4.44. The van der Waals surface area contributed by atoms with Gasteiger partial charge in [-0.05, 0) is 6.42 Å². The van der Waals surface area contributed by atoms with E-state index in [1.54, 1.807) is 30.3 Å². The summed E-state index contributed by atoms with van der Waals surface area (Å²) in [6, 6.07) is 8.31. The maximum absolute atomic E-state index is 11.8. The lowest BCUT2D eigenvalue weighted by molar-refractivity contribution is -0.139. The predicted molar refractivity (Wildman–Crippen MR) is 118 cm³/mol. The number of benzene rings is 1. The maximum atomic E-state index is 11.8. The van der Waals surface area contributed by atoms with Crippen molar-refractivity contribution in [1.29, 1.82) is 0 Å². The molecule has 0 aliphatic heterocycles. The zero-order valence-corrected chi connectivity index (χ0v) is 18.9. The molecule has 0 unspecified atom stereocenters. The number of ether oxygens (including phenoxy) is 5. The summed E-state index contributed by atoms with van der Waals surface area (Å²) in [5, 5.41) is 0. The van der Waals surface area contributed by atoms with Crippen molar-refractivity contribution in [1.82, 2.24) is 0 Å². The Morgan fingerprint density at radius 3 is 1.68 bits per heavy atom. The maximum Gasteiger partial charge on any atom is 0.379 e. The highest BCUT2D eigenvalue weighted by molar-refractivity contribution is 6.40. The molecule has 31 heavy (non-hydrogen) atoms. The molecule has 176 valence electrons. The van der Waals surface area contributed by atoms with Crippen molar-refractivity contribution < 1.29 is 33.3 Å². The molecule has 0 aliphatic carbocycles. The van der Waals surface area contributed by atoms with Gasteiger partial charge in [-0.1, -0.05) is 69.4 Å². The second-order valence-corrected chi connectivity index (χ2v) is 7.05. The standard InChI is InChI=1S/C24H38O7/c1-2-3-4-5-6-10-13-27-14-15-28-16-17-29-18-19-30-20-21-31-24(26)23(25)22-11-8-7-9-12-22/h7-9,11-12H,2-6,10,13-21H2,1H3. The van der Waals surface area contributed by atoms with Gasteiger partial charge in [-0.3, -0.25) is 4.79 Å². The average molecular weight is 439 g/mol. The van der Waals surface area contributed by atoms with E-state index in [4.69, 9.17) is 23.7 Å². The van der Waals surface area contributed by atoms with E-state index in [0.29, 0.717) is 45.2 Å². The van der Waals surface area contributed by atoms with Gasteiger partial charge in [0.05, 0.1) is 46.2 Å². The van der Waals surface area contributed by atoms with Crippen molar-refractivity contribution in [3.8, 4) is 0 Å². The van der Waals surface area contributed by atoms with Crippen molar-refractivity contribution in [3.63, 3.8) is 0 Å². The van der Waals surface area contributed by atoms with Crippen LogP contribution in [0.15, 0.2) is 30.3 Å². The van der Waals surface area contributed by atoms with Crippen LogP contribution in [0.2, 0.25) is 0 Å². The van der Waals surface area contributed by atoms with Crippen LogP contribution in [-0.4, -0.2) is 71.2 Å². The van der Waals surface area contributed by atoms with Crippen LogP contribution >= 0.6 is 0 Å². The molecule has 0 aliphatic rings. The Hall–Kier alpha value is -1.80. The molecule has 0 radical (unpaired) electrons. The van der Waals surface area contributed by atoms with Crippen LogP contribution in [0, 0.1) is 0 Å². The van der Waals surface area contributed by atoms with Crippen molar-refractivity contribution in [3.05, 3.63) is 35.9 Å². The molecular formula is C24H38O7. The lowest BCUT2D eigenvalue weighted by atomic mass is 10.1. The lowest BCUT2D eigenvalue weighted by Gasteiger charge is -2.08. The molecule has 0 saturated carbocycles. The van der Waals surface area contributed by atoms with Crippen molar-refractivity contribution in [2.24, 2.45) is 0 Å². The Labute approximate surface area is 186 Å². The molecule has 1 aromatic carbocycles. The van der Waals surface area contributed by atoms with Gasteiger partial charge in [0.2, 0.25) is 0 Å². The average Bonchev–Trinajstić information content (AvgIpc) is 2.80. The molecule has 0 aromatic heterocycles. The molecule has 7 heteroatoms. The molecule has 1 aromatic rings. The minimum atomic E-state index is -0.876. The number of hydrogen-bond donors (Lipinski definition) is 0. The molecule has 0 saturated heterocycles. The third kappa shape index (κ3) is 15.6. The smallest absolute Gasteiger partial charge is 0.379 e. The molecular weight excluding hydrogens is 400 g/mol. The van der Waals surface area contributed by atoms with E-state index in [1.165, 1.54) is 32.1 Å². The lowest BCUT2D eigenvalue weighted by Crippen LogP contribution is -2.20. The van der Waals surface area contributed by atoms with Gasteiger partial charge in [-0.15, -0.1) is 0 Å². The van der Waals surface area contributed by atoms with Crippen LogP contribution in [0.1, 0.15) is 55.8 Å². The number of rotatable bonds is 21. The molecule has 0 N–H and O–H groups in total. The zero-order valence-electron chi connectivity index (χ0n) is 18.9. The quantitative estimate of drug-likeness (QED) is 0.125. The number of carbonyl (C=O) groups excluding carboxylic acids is 2. The second kappa shape index (κ2) is 20.1. The first kappa shape index (κ1) is 27.2. The summed E-state index contributed by atoms with van der Waals surface area (Å²) in [4.78, 5) is 23.5. The number of Topliss-reactive ketones (excluding diaryl/α,β-unsaturated/α-hetero) is 1. The molecule has 0 spiro atoms. The van der Waals surface area contributed by atoms with Gasteiger partial charge in [0.25, 0.3) is 5.78 Å². The van der Waals surface area contributed by atoms with E-state index in [9.17, 15) is 9.59 Å². The van der Waals surface area contributed by atoms with Crippen LogP contribution in [-0.2, 0) is 28.5 Å². The molecule has 0 atom stereocenters. The molecule has 0 fully saturated rings. The summed E-state index contributed by atoms with van der Waals surface area (Å²) in [5.41, 5.74) is 0.313. The van der Waals surface area contributed by atoms with Crippen molar-refractivity contribution >= 4 is 11.8 Å². The molecule has 0 bridgehead atoms. The normalized spacial score (nSPS) is 10.9. The highest BCUT2D eigenvalue weighted by Gasteiger charge is 2.16. The third-order valence-electron chi connectivity index (χ3n) is 4.44. The van der Waals surface area contributed by atoms with Crippen LogP contribution in [0.4, 0.5) is 0 Å². The first-order chi connectivity index (χ1) is 15.3. The van der Waals surface area contributed by atoms with Gasteiger partial charge in [0, 0.05) is 12.2 Å². The van der Waals surface area contributed by atoms with Crippen LogP contribution in [0.25, 0.3) is 0 Å². The summed E-state index contributed by atoms with van der Waals surface area (Å²) < 4.78 is 26.6. The Morgan fingerprint density at radius 1 is 0.613 bits per heavy atom. The summed E-state index contributed by atoms with van der Waals surface area (Å²) in [5.74, 6) is -1.53. The molecule has 0 heterocycles. The number of unbranched alkanes of at least 4 members (excludes halogenated alkanes) is 5. The van der Waals surface area contributed by atoms with E-state index in [2.05, 4.69) is 6.92 Å². The van der Waals surface area contributed by atoms with Crippen molar-refractivity contribution in [2.75, 3.05) is 59.5 Å². The Bertz CT molecular complexity index is 562. The largest absolute Gasteiger partial charge is 0.457 e. The van der Waals surface area contributed by atoms with Gasteiger partial charge in [-0.2, -0.15) is 0 Å². The molecule has 7 nitrogen and oxygen atoms in total. The molecule has 1 rings (SSSR count). The van der Waals surface area contributed by atoms with Gasteiger partial charge >= 0.3 is 5.97 Å². The van der Waals surface area contributed by atoms with E-state index < -0.39 is 11.8 Å². The number of ketones is 1. The summed E-state index contributed by atoms with van der Waals surface area (Å²) in [7, 11) is 0. The second-order valence-electron chi connectivity index (χ2n) is 7.05. The van der Waals surface area contributed by atoms with E-state index in [0.717, 1.165) is 13.0 Å². The van der Waals surface area contributed by atoms with E-state index in [1.807, 2.05) is 0 Å². The SMILES string of the molecule is CCCCCCCCOCCOCCOCCOCCOC(=O)C(=O)c1ccccc1. The van der Waals surface area contributed by atoms with Crippen molar-refractivity contribution in [2.45, 2.75) is 45.4 Å². The van der Waals surface area contributed by atoms with Gasteiger partial charge in [0.15, 0.2) is 0 Å². The highest BCUT2D eigenvalue weighted by Crippen LogP contribution is 2.04. The topological polar surface area (TPSA) is 80.3 Å². The number of hydrogen-bond acceptors (Lipinski definition) is 7. The van der Waals surface area contributed by atoms with Crippen LogP contribution in [0.5, 0.6) is 0 Å². The van der Waals surface area contributed by atoms with Gasteiger partial charge in [-0.25, -0.2) is 4.79 Å². The fourth-order valence-corrected chi connectivity index (χ4v) is 2.71. The molecule has 0 amide bonds. The Morgan fingerprint density at radius 2 is 1.10 bits per heavy atom. The predicted octanol–water partition coefficient (Wildman–Crippen LogP) is 3.84. The minimum absolute atomic E-state index is 0.0270. The Balaban J connectivity index is 1.78. The Kier molecular flexibility index (Phi) is 17.7. The van der Waals surface area contributed by atoms with Gasteiger partial charge < -0.3 is 23.7 Å². The van der Waals surface area contributed by atoms with E-state index >= 15 is 0 Å². The zero-order chi connectivity index (χ0) is 22.4. The first-order valence-electron chi connectivity index (χ1n) is 11.3. The fraction of sp³-hybridized carbons (Fsp3) is 0.667. The van der Waals surface area contributed by atoms with Gasteiger partial charge in [0.1, 0.15) is 6.61 Å². The first-order valence-corrected chi connectivity index (χ1v) is 11.3. The van der Waals surface area contributed by atoms with Crippen LogP contribution < -0.4 is 0 Å². The monoisotopic (exact) mass is 438 g/mol. The summed E-state index contributed by atoms with van der Waals surface area (Å²) >= 11 is 0. The summed E-state index contributed by atoms with van der Waals surface area (Å²) in [6.07, 6.45) is 7.60. The number of esters is 1. The number of carbonyl (C=O) groups is 2. The van der Waals surface area contributed by atoms with E-state index in [-0.39, 0.29) is 13.2 Å². The minimum Gasteiger partial charge on any atom is -0.457 e. The van der Waals surface area contributed by atoms with Crippen LogP contribution in [0.3, 0.4) is 0 Å². The summed E-state index contributed by atoms with van der Waals surface area (Å²) in [6.45, 7) is 6.26. The highest BCUT2D eigenvalue weighted by atomic mass is 16.6.